The normalized spacial score (nSPS) is 10.7. The quantitative estimate of drug-likeness (QED) is 0.741. The summed E-state index contributed by atoms with van der Waals surface area (Å²) in [6.07, 6.45) is 1.68. The summed E-state index contributed by atoms with van der Waals surface area (Å²) in [7, 11) is 0. The van der Waals surface area contributed by atoms with Gasteiger partial charge in [-0.25, -0.2) is 0 Å². The van der Waals surface area contributed by atoms with Crippen LogP contribution in [0, 0.1) is 13.8 Å². The van der Waals surface area contributed by atoms with Gasteiger partial charge in [0.2, 0.25) is 0 Å². The summed E-state index contributed by atoms with van der Waals surface area (Å²) < 4.78 is 0. The lowest BCUT2D eigenvalue weighted by Crippen LogP contribution is -2.12. The maximum Gasteiger partial charge on any atom is 0.255 e. The van der Waals surface area contributed by atoms with Crippen molar-refractivity contribution in [1.29, 1.82) is 0 Å². The molecule has 0 fully saturated rings. The fraction of sp³-hybridized carbons (Fsp3) is 0.111. The summed E-state index contributed by atoms with van der Waals surface area (Å²) in [4.78, 5) is 16.8. The first kappa shape index (κ1) is 14.5. The van der Waals surface area contributed by atoms with Crippen molar-refractivity contribution in [1.82, 2.24) is 4.98 Å². The Labute approximate surface area is 133 Å². The van der Waals surface area contributed by atoms with Crippen LogP contribution >= 0.6 is 11.6 Å². The van der Waals surface area contributed by atoms with E-state index in [1.54, 1.807) is 18.3 Å². The molecule has 0 aliphatic heterocycles. The monoisotopic (exact) mass is 310 g/mol. The molecule has 3 aromatic rings. The lowest BCUT2D eigenvalue weighted by Gasteiger charge is -2.10. The summed E-state index contributed by atoms with van der Waals surface area (Å²) in [5.41, 5.74) is 4.13. The SMILES string of the molecule is Cc1cccc(C(=O)Nc2ccnc3c(C)c(Cl)ccc23)c1. The van der Waals surface area contributed by atoms with E-state index in [0.29, 0.717) is 10.6 Å². The fourth-order valence-electron chi connectivity index (χ4n) is 2.43. The molecule has 110 valence electrons. The molecule has 0 radical (unpaired) electrons. The molecular formula is C18H15ClN2O. The number of halogens is 1. The zero-order valence-corrected chi connectivity index (χ0v) is 13.1. The molecule has 2 aromatic carbocycles. The zero-order valence-electron chi connectivity index (χ0n) is 12.4. The van der Waals surface area contributed by atoms with Crippen LogP contribution in [0.4, 0.5) is 5.69 Å². The van der Waals surface area contributed by atoms with E-state index in [-0.39, 0.29) is 5.91 Å². The molecule has 1 aromatic heterocycles. The molecule has 1 heterocycles. The van der Waals surface area contributed by atoms with Crippen LogP contribution in [-0.4, -0.2) is 10.9 Å². The van der Waals surface area contributed by atoms with Crippen molar-refractivity contribution in [3.63, 3.8) is 0 Å². The number of nitrogens with zero attached hydrogens (tertiary/aromatic N) is 1. The third-order valence-electron chi connectivity index (χ3n) is 3.63. The highest BCUT2D eigenvalue weighted by atomic mass is 35.5. The molecule has 0 saturated carbocycles. The molecule has 0 aliphatic rings. The predicted octanol–water partition coefficient (Wildman–Crippen LogP) is 4.76. The topological polar surface area (TPSA) is 42.0 Å². The summed E-state index contributed by atoms with van der Waals surface area (Å²) >= 11 is 6.13. The van der Waals surface area contributed by atoms with E-state index in [2.05, 4.69) is 10.3 Å². The maximum atomic E-state index is 12.4. The number of carbonyl (C=O) groups excluding carboxylic acids is 1. The van der Waals surface area contributed by atoms with Gasteiger partial charge in [-0.05, 0) is 49.7 Å². The number of amides is 1. The minimum absolute atomic E-state index is 0.135. The minimum Gasteiger partial charge on any atom is -0.321 e. The Hall–Kier alpha value is -2.39. The van der Waals surface area contributed by atoms with Crippen molar-refractivity contribution in [2.45, 2.75) is 13.8 Å². The molecule has 0 spiro atoms. The molecule has 1 N–H and O–H groups in total. The second-order valence-corrected chi connectivity index (χ2v) is 5.66. The van der Waals surface area contributed by atoms with Gasteiger partial charge >= 0.3 is 0 Å². The Morgan fingerprint density at radius 1 is 1.14 bits per heavy atom. The second kappa shape index (κ2) is 5.78. The number of anilines is 1. The largest absolute Gasteiger partial charge is 0.321 e. The van der Waals surface area contributed by atoms with Crippen LogP contribution in [0.2, 0.25) is 5.02 Å². The second-order valence-electron chi connectivity index (χ2n) is 5.25. The summed E-state index contributed by atoms with van der Waals surface area (Å²) in [5.74, 6) is -0.135. The average molecular weight is 311 g/mol. The van der Waals surface area contributed by atoms with Crippen LogP contribution in [0.5, 0.6) is 0 Å². The van der Waals surface area contributed by atoms with Gasteiger partial charge in [-0.15, -0.1) is 0 Å². The van der Waals surface area contributed by atoms with Gasteiger partial charge in [0.1, 0.15) is 0 Å². The molecule has 0 unspecified atom stereocenters. The Balaban J connectivity index is 2.01. The molecule has 4 heteroatoms. The molecule has 0 aliphatic carbocycles. The van der Waals surface area contributed by atoms with Gasteiger partial charge in [0.15, 0.2) is 0 Å². The third-order valence-corrected chi connectivity index (χ3v) is 4.04. The lowest BCUT2D eigenvalue weighted by molar-refractivity contribution is 0.102. The molecular weight excluding hydrogens is 296 g/mol. The van der Waals surface area contributed by atoms with Crippen molar-refractivity contribution in [3.8, 4) is 0 Å². The summed E-state index contributed by atoms with van der Waals surface area (Å²) in [5, 5.41) is 4.50. The van der Waals surface area contributed by atoms with Crippen molar-refractivity contribution in [3.05, 3.63) is 70.4 Å². The highest BCUT2D eigenvalue weighted by Gasteiger charge is 2.11. The van der Waals surface area contributed by atoms with E-state index in [4.69, 9.17) is 11.6 Å². The van der Waals surface area contributed by atoms with Crippen LogP contribution in [0.1, 0.15) is 21.5 Å². The Morgan fingerprint density at radius 3 is 2.73 bits per heavy atom. The Morgan fingerprint density at radius 2 is 1.95 bits per heavy atom. The zero-order chi connectivity index (χ0) is 15.7. The first-order valence-corrected chi connectivity index (χ1v) is 7.36. The van der Waals surface area contributed by atoms with Gasteiger partial charge < -0.3 is 5.32 Å². The van der Waals surface area contributed by atoms with Gasteiger partial charge in [0, 0.05) is 22.2 Å². The number of hydrogen-bond donors (Lipinski definition) is 1. The van der Waals surface area contributed by atoms with E-state index in [9.17, 15) is 4.79 Å². The van der Waals surface area contributed by atoms with Crippen molar-refractivity contribution in [2.75, 3.05) is 5.32 Å². The van der Waals surface area contributed by atoms with Gasteiger partial charge in [-0.3, -0.25) is 9.78 Å². The summed E-state index contributed by atoms with van der Waals surface area (Å²) in [6, 6.07) is 13.0. The number of aromatic nitrogens is 1. The molecule has 22 heavy (non-hydrogen) atoms. The number of fused-ring (bicyclic) bond motifs is 1. The van der Waals surface area contributed by atoms with Crippen LogP contribution in [0.3, 0.4) is 0 Å². The van der Waals surface area contributed by atoms with Crippen LogP contribution < -0.4 is 5.32 Å². The van der Waals surface area contributed by atoms with Crippen LogP contribution in [-0.2, 0) is 0 Å². The van der Waals surface area contributed by atoms with Crippen molar-refractivity contribution in [2.24, 2.45) is 0 Å². The number of hydrogen-bond acceptors (Lipinski definition) is 2. The average Bonchev–Trinajstić information content (AvgIpc) is 2.51. The smallest absolute Gasteiger partial charge is 0.255 e. The molecule has 0 bridgehead atoms. The van der Waals surface area contributed by atoms with E-state index in [1.165, 1.54) is 0 Å². The van der Waals surface area contributed by atoms with Gasteiger partial charge in [0.25, 0.3) is 5.91 Å². The first-order chi connectivity index (χ1) is 10.6. The molecule has 3 rings (SSSR count). The van der Waals surface area contributed by atoms with E-state index >= 15 is 0 Å². The number of aryl methyl sites for hydroxylation is 2. The maximum absolute atomic E-state index is 12.4. The van der Waals surface area contributed by atoms with Gasteiger partial charge in [-0.1, -0.05) is 29.3 Å². The van der Waals surface area contributed by atoms with Gasteiger partial charge in [0.05, 0.1) is 11.2 Å². The minimum atomic E-state index is -0.135. The van der Waals surface area contributed by atoms with E-state index in [1.807, 2.05) is 44.2 Å². The number of pyridine rings is 1. The molecule has 0 saturated heterocycles. The van der Waals surface area contributed by atoms with E-state index < -0.39 is 0 Å². The fourth-order valence-corrected chi connectivity index (χ4v) is 2.58. The number of carbonyl (C=O) groups is 1. The number of nitrogens with one attached hydrogen (secondary N) is 1. The molecule has 0 atom stereocenters. The third kappa shape index (κ3) is 2.68. The van der Waals surface area contributed by atoms with Crippen molar-refractivity contribution < 1.29 is 4.79 Å². The molecule has 3 nitrogen and oxygen atoms in total. The summed E-state index contributed by atoms with van der Waals surface area (Å²) in [6.45, 7) is 3.88. The molecule has 1 amide bonds. The van der Waals surface area contributed by atoms with Crippen molar-refractivity contribution >= 4 is 34.1 Å². The van der Waals surface area contributed by atoms with Gasteiger partial charge in [-0.2, -0.15) is 0 Å². The Bertz CT molecular complexity index is 874. The number of benzene rings is 2. The Kier molecular flexibility index (Phi) is 3.82. The lowest BCUT2D eigenvalue weighted by atomic mass is 10.1. The number of rotatable bonds is 2. The highest BCUT2D eigenvalue weighted by molar-refractivity contribution is 6.32. The highest BCUT2D eigenvalue weighted by Crippen LogP contribution is 2.28. The van der Waals surface area contributed by atoms with E-state index in [0.717, 1.165) is 27.7 Å². The van der Waals surface area contributed by atoms with Crippen LogP contribution in [0.15, 0.2) is 48.7 Å². The predicted molar refractivity (Wildman–Crippen MR) is 90.6 cm³/mol. The first-order valence-electron chi connectivity index (χ1n) is 6.98. The standard InChI is InChI=1S/C18H15ClN2O/c1-11-4-3-5-13(10-11)18(22)21-16-8-9-20-17-12(2)15(19)7-6-14(16)17/h3-10H,1-2H3,(H,20,21,22). The van der Waals surface area contributed by atoms with Crippen LogP contribution in [0.25, 0.3) is 10.9 Å².